The standard InChI is InChI=1S/C22H19N3O2S/c1-28(26,27)18-11-7-10-17(14-18)21(16-8-3-2-4-9-16)25-22-19-12-5-6-13-20(19)23-15-24-22/h2-15,21H,1H3,(H,23,24,25). The average Bonchev–Trinajstić information content (AvgIpc) is 2.72. The lowest BCUT2D eigenvalue weighted by molar-refractivity contribution is 0.601. The van der Waals surface area contributed by atoms with Crippen molar-refractivity contribution in [2.45, 2.75) is 10.9 Å². The fourth-order valence-corrected chi connectivity index (χ4v) is 3.86. The fraction of sp³-hybridized carbons (Fsp3) is 0.0909. The molecule has 0 aliphatic heterocycles. The van der Waals surface area contributed by atoms with E-state index in [2.05, 4.69) is 15.3 Å². The van der Waals surface area contributed by atoms with Gasteiger partial charge in [0, 0.05) is 11.6 Å². The van der Waals surface area contributed by atoms with E-state index < -0.39 is 9.84 Å². The number of aromatic nitrogens is 2. The first kappa shape index (κ1) is 18.1. The quantitative estimate of drug-likeness (QED) is 0.553. The van der Waals surface area contributed by atoms with Crippen molar-refractivity contribution < 1.29 is 8.42 Å². The summed E-state index contributed by atoms with van der Waals surface area (Å²) in [5.41, 5.74) is 2.70. The summed E-state index contributed by atoms with van der Waals surface area (Å²) in [6.45, 7) is 0. The lowest BCUT2D eigenvalue weighted by Gasteiger charge is -2.21. The van der Waals surface area contributed by atoms with Gasteiger partial charge in [-0.15, -0.1) is 0 Å². The van der Waals surface area contributed by atoms with Crippen LogP contribution in [0.2, 0.25) is 0 Å². The number of hydrogen-bond acceptors (Lipinski definition) is 5. The van der Waals surface area contributed by atoms with Crippen LogP contribution in [0.1, 0.15) is 17.2 Å². The van der Waals surface area contributed by atoms with Crippen molar-refractivity contribution in [1.82, 2.24) is 9.97 Å². The highest BCUT2D eigenvalue weighted by Crippen LogP contribution is 2.30. The Morgan fingerprint density at radius 3 is 2.32 bits per heavy atom. The third-order valence-electron chi connectivity index (χ3n) is 4.58. The molecule has 0 spiro atoms. The molecule has 1 N–H and O–H groups in total. The molecule has 4 aromatic rings. The number of rotatable bonds is 5. The van der Waals surface area contributed by atoms with Gasteiger partial charge in [-0.3, -0.25) is 0 Å². The summed E-state index contributed by atoms with van der Waals surface area (Å²) in [6.07, 6.45) is 2.74. The minimum absolute atomic E-state index is 0.263. The highest BCUT2D eigenvalue weighted by atomic mass is 32.2. The van der Waals surface area contributed by atoms with Gasteiger partial charge in [-0.25, -0.2) is 18.4 Å². The van der Waals surface area contributed by atoms with Gasteiger partial charge in [-0.2, -0.15) is 0 Å². The van der Waals surface area contributed by atoms with Crippen LogP contribution in [0.25, 0.3) is 10.9 Å². The van der Waals surface area contributed by atoms with Gasteiger partial charge in [-0.1, -0.05) is 54.6 Å². The molecule has 0 aliphatic carbocycles. The predicted octanol–water partition coefficient (Wildman–Crippen LogP) is 4.23. The summed E-state index contributed by atoms with van der Waals surface area (Å²) in [5.74, 6) is 0.698. The van der Waals surface area contributed by atoms with Crippen LogP contribution in [-0.4, -0.2) is 24.6 Å². The Morgan fingerprint density at radius 2 is 1.54 bits per heavy atom. The van der Waals surface area contributed by atoms with Crippen LogP contribution in [0.3, 0.4) is 0 Å². The van der Waals surface area contributed by atoms with Crippen LogP contribution in [0.5, 0.6) is 0 Å². The summed E-state index contributed by atoms with van der Waals surface area (Å²) in [5, 5.41) is 4.39. The predicted molar refractivity (Wildman–Crippen MR) is 111 cm³/mol. The molecule has 0 saturated carbocycles. The second-order valence-corrected chi connectivity index (χ2v) is 8.59. The molecule has 5 nitrogen and oxygen atoms in total. The van der Waals surface area contributed by atoms with Gasteiger partial charge in [0.05, 0.1) is 16.5 Å². The van der Waals surface area contributed by atoms with Crippen LogP contribution in [0.4, 0.5) is 5.82 Å². The molecule has 1 aromatic heterocycles. The summed E-state index contributed by atoms with van der Waals surface area (Å²) in [7, 11) is -3.30. The second-order valence-electron chi connectivity index (χ2n) is 6.57. The smallest absolute Gasteiger partial charge is 0.175 e. The zero-order valence-corrected chi connectivity index (χ0v) is 16.1. The lowest BCUT2D eigenvalue weighted by atomic mass is 9.98. The molecule has 1 unspecified atom stereocenters. The zero-order valence-electron chi connectivity index (χ0n) is 15.3. The molecule has 0 aliphatic rings. The monoisotopic (exact) mass is 389 g/mol. The van der Waals surface area contributed by atoms with Gasteiger partial charge in [0.15, 0.2) is 9.84 Å². The molecule has 1 heterocycles. The number of sulfone groups is 1. The van der Waals surface area contributed by atoms with Gasteiger partial charge in [0.2, 0.25) is 0 Å². The SMILES string of the molecule is CS(=O)(=O)c1cccc(C(Nc2ncnc3ccccc23)c2ccccc2)c1. The molecule has 4 rings (SSSR count). The molecular weight excluding hydrogens is 370 g/mol. The van der Waals surface area contributed by atoms with Gasteiger partial charge in [0.1, 0.15) is 12.1 Å². The topological polar surface area (TPSA) is 72.0 Å². The van der Waals surface area contributed by atoms with Crippen molar-refractivity contribution in [3.05, 3.63) is 96.3 Å². The van der Waals surface area contributed by atoms with Crippen molar-refractivity contribution in [2.24, 2.45) is 0 Å². The average molecular weight is 389 g/mol. The summed E-state index contributed by atoms with van der Waals surface area (Å²) in [6, 6.07) is 24.4. The molecule has 28 heavy (non-hydrogen) atoms. The maximum absolute atomic E-state index is 12.0. The van der Waals surface area contributed by atoms with E-state index in [-0.39, 0.29) is 6.04 Å². The largest absolute Gasteiger partial charge is 0.359 e. The van der Waals surface area contributed by atoms with E-state index in [4.69, 9.17) is 0 Å². The first-order chi connectivity index (χ1) is 13.5. The molecule has 140 valence electrons. The van der Waals surface area contributed by atoms with Crippen molar-refractivity contribution in [3.63, 3.8) is 0 Å². The Bertz CT molecular complexity index is 1220. The van der Waals surface area contributed by atoms with Crippen LogP contribution in [0, 0.1) is 0 Å². The molecule has 3 aromatic carbocycles. The van der Waals surface area contributed by atoms with E-state index in [9.17, 15) is 8.42 Å². The van der Waals surface area contributed by atoms with Gasteiger partial charge >= 0.3 is 0 Å². The molecular formula is C22H19N3O2S. The van der Waals surface area contributed by atoms with E-state index in [1.165, 1.54) is 12.6 Å². The molecule has 0 amide bonds. The van der Waals surface area contributed by atoms with E-state index in [0.717, 1.165) is 22.0 Å². The number of fused-ring (bicyclic) bond motifs is 1. The molecule has 0 fully saturated rings. The highest BCUT2D eigenvalue weighted by molar-refractivity contribution is 7.90. The van der Waals surface area contributed by atoms with E-state index in [0.29, 0.717) is 10.7 Å². The normalized spacial score (nSPS) is 12.6. The van der Waals surface area contributed by atoms with E-state index >= 15 is 0 Å². The van der Waals surface area contributed by atoms with Crippen LogP contribution < -0.4 is 5.32 Å². The summed E-state index contributed by atoms with van der Waals surface area (Å²) < 4.78 is 24.1. The molecule has 6 heteroatoms. The number of anilines is 1. The lowest BCUT2D eigenvalue weighted by Crippen LogP contribution is -2.14. The third-order valence-corrected chi connectivity index (χ3v) is 5.69. The van der Waals surface area contributed by atoms with Gasteiger partial charge in [0.25, 0.3) is 0 Å². The molecule has 0 saturated heterocycles. The number of benzene rings is 3. The molecule has 0 radical (unpaired) electrons. The Labute approximate surface area is 164 Å². The van der Waals surface area contributed by atoms with Crippen LogP contribution in [0.15, 0.2) is 90.1 Å². The summed E-state index contributed by atoms with van der Waals surface area (Å²) >= 11 is 0. The van der Waals surface area contributed by atoms with Crippen molar-refractivity contribution in [2.75, 3.05) is 11.6 Å². The van der Waals surface area contributed by atoms with Crippen molar-refractivity contribution >= 4 is 26.6 Å². The van der Waals surface area contributed by atoms with E-state index in [1.807, 2.05) is 60.7 Å². The Morgan fingerprint density at radius 1 is 0.821 bits per heavy atom. The number of nitrogens with one attached hydrogen (secondary N) is 1. The van der Waals surface area contributed by atoms with Crippen LogP contribution in [-0.2, 0) is 9.84 Å². The first-order valence-electron chi connectivity index (χ1n) is 8.83. The van der Waals surface area contributed by atoms with Crippen molar-refractivity contribution in [1.29, 1.82) is 0 Å². The second kappa shape index (κ2) is 7.40. The maximum atomic E-state index is 12.0. The number of hydrogen-bond donors (Lipinski definition) is 1. The number of para-hydroxylation sites is 1. The Hall–Kier alpha value is -3.25. The first-order valence-corrected chi connectivity index (χ1v) is 10.7. The van der Waals surface area contributed by atoms with Crippen LogP contribution >= 0.6 is 0 Å². The van der Waals surface area contributed by atoms with Gasteiger partial charge in [-0.05, 0) is 35.4 Å². The minimum Gasteiger partial charge on any atom is -0.359 e. The van der Waals surface area contributed by atoms with Crippen molar-refractivity contribution in [3.8, 4) is 0 Å². The fourth-order valence-electron chi connectivity index (χ4n) is 3.19. The van der Waals surface area contributed by atoms with E-state index in [1.54, 1.807) is 18.2 Å². The maximum Gasteiger partial charge on any atom is 0.175 e. The highest BCUT2D eigenvalue weighted by Gasteiger charge is 2.18. The third kappa shape index (κ3) is 3.73. The molecule has 0 bridgehead atoms. The van der Waals surface area contributed by atoms with Gasteiger partial charge < -0.3 is 5.32 Å². The zero-order chi connectivity index (χ0) is 19.6. The molecule has 1 atom stereocenters. The Kier molecular flexibility index (Phi) is 4.79. The summed E-state index contributed by atoms with van der Waals surface area (Å²) in [4.78, 5) is 9.03. The Balaban J connectivity index is 1.84. The number of nitrogens with zero attached hydrogens (tertiary/aromatic N) is 2. The minimum atomic E-state index is -3.30.